The Morgan fingerprint density at radius 1 is 1.12 bits per heavy atom. The Bertz CT molecular complexity index is 632. The van der Waals surface area contributed by atoms with Gasteiger partial charge < -0.3 is 25.2 Å². The van der Waals surface area contributed by atoms with Crippen LogP contribution in [0.1, 0.15) is 30.6 Å². The third-order valence-corrected chi connectivity index (χ3v) is 3.81. The number of aliphatic carboxylic acids is 1. The lowest BCUT2D eigenvalue weighted by Gasteiger charge is -2.24. The van der Waals surface area contributed by atoms with Gasteiger partial charge in [0.2, 0.25) is 5.91 Å². The molecular formula is C18H26N2O6. The molecule has 2 unspecified atom stereocenters. The van der Waals surface area contributed by atoms with Crippen LogP contribution in [-0.4, -0.2) is 55.8 Å². The molecule has 0 radical (unpaired) electrons. The van der Waals surface area contributed by atoms with Crippen molar-refractivity contribution in [3.63, 3.8) is 0 Å². The van der Waals surface area contributed by atoms with Gasteiger partial charge in [0, 0.05) is 20.1 Å². The number of ether oxygens (including phenoxy) is 2. The van der Waals surface area contributed by atoms with Crippen LogP contribution in [0.4, 0.5) is 0 Å². The molecule has 2 atom stereocenters. The highest BCUT2D eigenvalue weighted by Gasteiger charge is 2.29. The fourth-order valence-electron chi connectivity index (χ4n) is 2.34. The zero-order chi connectivity index (χ0) is 19.7. The van der Waals surface area contributed by atoms with Gasteiger partial charge in [-0.05, 0) is 18.1 Å². The average Bonchev–Trinajstić information content (AvgIpc) is 2.62. The van der Waals surface area contributed by atoms with E-state index in [1.807, 2.05) is 0 Å². The molecule has 1 rings (SSSR count). The third kappa shape index (κ3) is 6.03. The van der Waals surface area contributed by atoms with Crippen molar-refractivity contribution < 1.29 is 29.0 Å². The van der Waals surface area contributed by atoms with Gasteiger partial charge in [-0.1, -0.05) is 26.0 Å². The highest BCUT2D eigenvalue weighted by Crippen LogP contribution is 2.17. The minimum atomic E-state index is -1.16. The number of amides is 2. The SMILES string of the molecule is COCCC(NC(=O)C(NC(=O)c1ccccc1OC)C(C)C)C(=O)O. The van der Waals surface area contributed by atoms with E-state index in [9.17, 15) is 19.5 Å². The molecule has 0 aliphatic carbocycles. The molecule has 144 valence electrons. The first kappa shape index (κ1) is 21.4. The Balaban J connectivity index is 2.89. The average molecular weight is 366 g/mol. The number of rotatable bonds is 10. The Labute approximate surface area is 152 Å². The smallest absolute Gasteiger partial charge is 0.326 e. The summed E-state index contributed by atoms with van der Waals surface area (Å²) in [6.45, 7) is 3.71. The van der Waals surface area contributed by atoms with Crippen LogP contribution >= 0.6 is 0 Å². The number of hydrogen-bond acceptors (Lipinski definition) is 5. The predicted octanol–water partition coefficient (Wildman–Crippen LogP) is 1.06. The maximum absolute atomic E-state index is 12.5. The van der Waals surface area contributed by atoms with Gasteiger partial charge in [-0.2, -0.15) is 0 Å². The quantitative estimate of drug-likeness (QED) is 0.570. The summed E-state index contributed by atoms with van der Waals surface area (Å²) in [5, 5.41) is 14.3. The second-order valence-corrected chi connectivity index (χ2v) is 6.08. The molecule has 0 aliphatic rings. The lowest BCUT2D eigenvalue weighted by Crippen LogP contribution is -2.53. The highest BCUT2D eigenvalue weighted by molar-refractivity contribution is 6.00. The van der Waals surface area contributed by atoms with Gasteiger partial charge in [-0.25, -0.2) is 4.79 Å². The predicted molar refractivity (Wildman–Crippen MR) is 95.1 cm³/mol. The van der Waals surface area contributed by atoms with Crippen molar-refractivity contribution in [2.45, 2.75) is 32.4 Å². The minimum Gasteiger partial charge on any atom is -0.496 e. The van der Waals surface area contributed by atoms with Crippen LogP contribution in [0.2, 0.25) is 0 Å². The number of carboxylic acids is 1. The van der Waals surface area contributed by atoms with Crippen LogP contribution in [0.15, 0.2) is 24.3 Å². The fourth-order valence-corrected chi connectivity index (χ4v) is 2.34. The van der Waals surface area contributed by atoms with E-state index in [2.05, 4.69) is 10.6 Å². The molecule has 0 aromatic heterocycles. The van der Waals surface area contributed by atoms with Crippen molar-refractivity contribution in [3.8, 4) is 5.75 Å². The van der Waals surface area contributed by atoms with Crippen LogP contribution in [0, 0.1) is 5.92 Å². The van der Waals surface area contributed by atoms with E-state index in [-0.39, 0.29) is 18.9 Å². The number of nitrogens with one attached hydrogen (secondary N) is 2. The van der Waals surface area contributed by atoms with Crippen LogP contribution in [0.5, 0.6) is 5.75 Å². The zero-order valence-electron chi connectivity index (χ0n) is 15.4. The monoisotopic (exact) mass is 366 g/mol. The minimum absolute atomic E-state index is 0.128. The molecular weight excluding hydrogens is 340 g/mol. The number of carbonyl (C=O) groups is 3. The summed E-state index contributed by atoms with van der Waals surface area (Å²) in [5.74, 6) is -2.05. The molecule has 0 spiro atoms. The first-order valence-electron chi connectivity index (χ1n) is 8.27. The van der Waals surface area contributed by atoms with Crippen LogP contribution < -0.4 is 15.4 Å². The molecule has 0 aliphatic heterocycles. The van der Waals surface area contributed by atoms with Crippen molar-refractivity contribution in [1.82, 2.24) is 10.6 Å². The fraction of sp³-hybridized carbons (Fsp3) is 0.500. The number of carboxylic acid groups (broad SMARTS) is 1. The molecule has 8 nitrogen and oxygen atoms in total. The zero-order valence-corrected chi connectivity index (χ0v) is 15.4. The standard InChI is InChI=1S/C18H26N2O6/c1-11(2)15(17(22)19-13(18(23)24)9-10-25-3)20-16(21)12-7-5-6-8-14(12)26-4/h5-8,11,13,15H,9-10H2,1-4H3,(H,19,22)(H,20,21)(H,23,24). The van der Waals surface area contributed by atoms with Crippen LogP contribution in [0.25, 0.3) is 0 Å². The van der Waals surface area contributed by atoms with Crippen LogP contribution in [-0.2, 0) is 14.3 Å². The summed E-state index contributed by atoms with van der Waals surface area (Å²) in [4.78, 5) is 36.3. The van der Waals surface area contributed by atoms with E-state index in [0.29, 0.717) is 11.3 Å². The topological polar surface area (TPSA) is 114 Å². The van der Waals surface area contributed by atoms with E-state index in [4.69, 9.17) is 9.47 Å². The maximum atomic E-state index is 12.5. The van der Waals surface area contributed by atoms with Crippen LogP contribution in [0.3, 0.4) is 0 Å². The highest BCUT2D eigenvalue weighted by atomic mass is 16.5. The summed E-state index contributed by atoms with van der Waals surface area (Å²) in [7, 11) is 2.90. The third-order valence-electron chi connectivity index (χ3n) is 3.81. The molecule has 26 heavy (non-hydrogen) atoms. The summed E-state index contributed by atoms with van der Waals surface area (Å²) in [6.07, 6.45) is 0.128. The van der Waals surface area contributed by atoms with Crippen molar-refractivity contribution in [2.75, 3.05) is 20.8 Å². The van der Waals surface area contributed by atoms with Crippen molar-refractivity contribution in [1.29, 1.82) is 0 Å². The Morgan fingerprint density at radius 3 is 2.31 bits per heavy atom. The largest absolute Gasteiger partial charge is 0.496 e. The summed E-state index contributed by atoms with van der Waals surface area (Å²) < 4.78 is 10.0. The normalized spacial score (nSPS) is 13.0. The number of benzene rings is 1. The lowest BCUT2D eigenvalue weighted by molar-refractivity contribution is -0.142. The van der Waals surface area contributed by atoms with Gasteiger partial charge in [0.1, 0.15) is 17.8 Å². The maximum Gasteiger partial charge on any atom is 0.326 e. The van der Waals surface area contributed by atoms with E-state index >= 15 is 0 Å². The van der Waals surface area contributed by atoms with Gasteiger partial charge in [0.25, 0.3) is 5.91 Å². The number of methoxy groups -OCH3 is 2. The van der Waals surface area contributed by atoms with Crippen molar-refractivity contribution in [3.05, 3.63) is 29.8 Å². The molecule has 0 bridgehead atoms. The molecule has 0 saturated carbocycles. The molecule has 8 heteroatoms. The van der Waals surface area contributed by atoms with Crippen molar-refractivity contribution in [2.24, 2.45) is 5.92 Å². The van der Waals surface area contributed by atoms with Gasteiger partial charge in [-0.3, -0.25) is 9.59 Å². The summed E-state index contributed by atoms with van der Waals surface area (Å²) in [5.41, 5.74) is 0.294. The van der Waals surface area contributed by atoms with E-state index < -0.39 is 29.9 Å². The van der Waals surface area contributed by atoms with Crippen molar-refractivity contribution >= 4 is 17.8 Å². The van der Waals surface area contributed by atoms with Gasteiger partial charge in [0.15, 0.2) is 0 Å². The molecule has 0 heterocycles. The molecule has 1 aromatic rings. The molecule has 1 aromatic carbocycles. The van der Waals surface area contributed by atoms with E-state index in [1.54, 1.807) is 38.1 Å². The van der Waals surface area contributed by atoms with E-state index in [0.717, 1.165) is 0 Å². The second kappa shape index (κ2) is 10.4. The molecule has 3 N–H and O–H groups in total. The van der Waals surface area contributed by atoms with Gasteiger partial charge in [-0.15, -0.1) is 0 Å². The number of carbonyl (C=O) groups excluding carboxylic acids is 2. The summed E-state index contributed by atoms with van der Waals surface area (Å²) in [6, 6.07) is 4.67. The first-order valence-corrected chi connectivity index (χ1v) is 8.27. The Hall–Kier alpha value is -2.61. The summed E-state index contributed by atoms with van der Waals surface area (Å²) >= 11 is 0. The number of hydrogen-bond donors (Lipinski definition) is 3. The van der Waals surface area contributed by atoms with E-state index in [1.165, 1.54) is 14.2 Å². The molecule has 2 amide bonds. The van der Waals surface area contributed by atoms with Gasteiger partial charge in [0.05, 0.1) is 12.7 Å². The lowest BCUT2D eigenvalue weighted by atomic mass is 10.0. The second-order valence-electron chi connectivity index (χ2n) is 6.08. The van der Waals surface area contributed by atoms with Gasteiger partial charge >= 0.3 is 5.97 Å². The number of para-hydroxylation sites is 1. The molecule has 0 saturated heterocycles. The first-order chi connectivity index (χ1) is 12.3. The Morgan fingerprint density at radius 2 is 1.77 bits per heavy atom. The molecule has 0 fully saturated rings. The Kier molecular flexibility index (Phi) is 8.57.